The molecular weight excluding hydrogens is 301 g/mol. The molecule has 0 aromatic carbocycles. The van der Waals surface area contributed by atoms with E-state index >= 15 is 0 Å². The number of hydrogen-bond donors (Lipinski definition) is 0. The van der Waals surface area contributed by atoms with Crippen molar-refractivity contribution in [2.75, 3.05) is 0 Å². The summed E-state index contributed by atoms with van der Waals surface area (Å²) in [5.74, 6) is 0. The van der Waals surface area contributed by atoms with E-state index in [1.54, 1.807) is 0 Å². The molecule has 0 radical (unpaired) electrons. The Morgan fingerprint density at radius 1 is 0.556 bits per heavy atom. The van der Waals surface area contributed by atoms with Crippen LogP contribution < -0.4 is 0 Å². The zero-order valence-electron chi connectivity index (χ0n) is 3.98. The molecule has 0 aromatic heterocycles. The molecule has 0 saturated carbocycles. The van der Waals surface area contributed by atoms with Crippen molar-refractivity contribution >= 4 is 198 Å². The number of hydrogen-bond acceptors (Lipinski definition) is 0. The summed E-state index contributed by atoms with van der Waals surface area (Å²) in [4.78, 5) is 0. The summed E-state index contributed by atoms with van der Waals surface area (Å²) in [6.07, 6.45) is 0. The molecule has 0 bridgehead atoms. The van der Waals surface area contributed by atoms with E-state index in [4.69, 9.17) is 7.53 Å². The Bertz CT molecular complexity index is 12.9. The van der Waals surface area contributed by atoms with Crippen molar-refractivity contribution in [2.24, 2.45) is 0 Å². The Labute approximate surface area is 191 Å². The Balaban J connectivity index is -0.00000000114. The molecule has 0 fully saturated rings. The van der Waals surface area contributed by atoms with Gasteiger partial charge in [0.1, 0.15) is 0 Å². The summed E-state index contributed by atoms with van der Waals surface area (Å²) in [6, 6.07) is 0. The zero-order valence-corrected chi connectivity index (χ0v) is 14.2. The fourth-order valence-electron chi connectivity index (χ4n) is 0. The van der Waals surface area contributed by atoms with Crippen molar-refractivity contribution in [3.05, 3.63) is 0 Å². The molecule has 0 atom stereocenters. The van der Waals surface area contributed by atoms with Gasteiger partial charge >= 0.3 is 161 Å². The molecule has 0 aliphatic rings. The standard InChI is InChI=1S/5ClH.2K.2Na.2H/h5*1H;;;;;;/q;;;;;2*+1;;;;/p-2. The van der Waals surface area contributed by atoms with Crippen molar-refractivity contribution in [3.63, 3.8) is 0 Å². The third kappa shape index (κ3) is 52.7. The van der Waals surface area contributed by atoms with E-state index in [1.165, 1.54) is 0 Å². The molecule has 0 rings (SSSR count). The van der Waals surface area contributed by atoms with Gasteiger partial charge in [-0.05, 0) is 0 Å². The molecule has 0 spiro atoms. The van der Waals surface area contributed by atoms with Gasteiger partial charge in [0.25, 0.3) is 0 Å². The molecule has 0 aromatic rings. The molecule has 9 heteroatoms. The summed E-state index contributed by atoms with van der Waals surface area (Å²) in [5.41, 5.74) is 0. The minimum absolute atomic E-state index is 0. The van der Waals surface area contributed by atoms with Gasteiger partial charge in [0.2, 0.25) is 0 Å². The molecular formula is H5Cl5K2Na2. The van der Waals surface area contributed by atoms with E-state index in [9.17, 15) is 0 Å². The van der Waals surface area contributed by atoms with Gasteiger partial charge in [0.15, 0.2) is 0 Å². The van der Waals surface area contributed by atoms with Gasteiger partial charge in [-0.2, -0.15) is 0 Å². The first kappa shape index (κ1) is 44.8. The summed E-state index contributed by atoms with van der Waals surface area (Å²) in [5, 5.41) is 0. The van der Waals surface area contributed by atoms with Gasteiger partial charge in [-0.3, -0.25) is 0 Å². The second-order valence-corrected chi connectivity index (χ2v) is 0. The predicted molar refractivity (Wildman–Crippen MR) is 59.3 cm³/mol. The maximum atomic E-state index is 4.83. The van der Waals surface area contributed by atoms with E-state index in [0.29, 0.717) is 94.3 Å². The predicted octanol–water partition coefficient (Wildman–Crippen LogP) is 0.586. The van der Waals surface area contributed by atoms with Crippen molar-refractivity contribution in [3.8, 4) is 0 Å². The van der Waals surface area contributed by atoms with E-state index in [0.717, 1.165) is 0 Å². The second-order valence-electron chi connectivity index (χ2n) is 0. The second kappa shape index (κ2) is 61.3. The topological polar surface area (TPSA) is 0 Å². The van der Waals surface area contributed by atoms with Crippen molar-refractivity contribution in [1.82, 2.24) is 0 Å². The monoisotopic (exact) mass is 304 g/mol. The van der Waals surface area contributed by atoms with Crippen LogP contribution in [0.4, 0.5) is 0 Å². The van der Waals surface area contributed by atoms with Crippen molar-refractivity contribution < 1.29 is 0 Å². The Morgan fingerprint density at radius 2 is 0.556 bits per heavy atom. The van der Waals surface area contributed by atoms with Crippen LogP contribution in [0.2, 0.25) is 0 Å². The van der Waals surface area contributed by atoms with Crippen LogP contribution in [0.3, 0.4) is 0 Å². The number of halogens is 5. The fraction of sp³-hybridized carbons (Fsp3) is 0. The number of rotatable bonds is 0. The van der Waals surface area contributed by atoms with Gasteiger partial charge in [-0.15, -0.1) is 37.2 Å². The van der Waals surface area contributed by atoms with Crippen LogP contribution in [-0.4, -0.2) is 153 Å². The molecule has 9 heavy (non-hydrogen) atoms. The molecule has 0 heterocycles. The third-order valence-corrected chi connectivity index (χ3v) is 0. The van der Waals surface area contributed by atoms with E-state index in [-0.39, 0.29) is 96.3 Å². The van der Waals surface area contributed by atoms with Crippen LogP contribution in [-0.2, 0) is 0 Å². The molecule has 0 amide bonds. The van der Waals surface area contributed by atoms with Gasteiger partial charge in [0, 0.05) is 0 Å². The van der Waals surface area contributed by atoms with Crippen LogP contribution in [0.25, 0.3) is 0 Å². The Morgan fingerprint density at radius 3 is 0.556 bits per heavy atom. The summed E-state index contributed by atoms with van der Waals surface area (Å²) in [7, 11) is 0. The van der Waals surface area contributed by atoms with Crippen LogP contribution in [0, 0.1) is 0 Å². The molecule has 0 nitrogen and oxygen atoms in total. The summed E-state index contributed by atoms with van der Waals surface area (Å²) < 4.78 is 9.65. The average molecular weight is 306 g/mol. The molecule has 0 saturated heterocycles. The molecule has 0 aliphatic carbocycles. The van der Waals surface area contributed by atoms with Crippen LogP contribution in [0.1, 0.15) is 0 Å². The van der Waals surface area contributed by atoms with Gasteiger partial charge in [-0.25, -0.2) is 0 Å². The van der Waals surface area contributed by atoms with E-state index in [1.807, 2.05) is 0 Å². The van der Waals surface area contributed by atoms with E-state index in [2.05, 4.69) is 0 Å². The van der Waals surface area contributed by atoms with E-state index < -0.39 is 0 Å². The molecule has 0 aliphatic heterocycles. The molecule has 0 unspecified atom stereocenters. The first-order valence-corrected chi connectivity index (χ1v) is 9.35. The molecule has 44 valence electrons. The van der Waals surface area contributed by atoms with Gasteiger partial charge in [-0.1, -0.05) is 0 Å². The maximum absolute atomic E-state index is 4.83. The Hall–Kier alpha value is 6.72. The van der Waals surface area contributed by atoms with Crippen molar-refractivity contribution in [2.45, 2.75) is 0 Å². The third-order valence-electron chi connectivity index (χ3n) is 0. The quantitative estimate of drug-likeness (QED) is 0.575. The minimum atomic E-state index is 0. The molecule has 0 N–H and O–H groups in total. The fourth-order valence-corrected chi connectivity index (χ4v) is 0. The summed E-state index contributed by atoms with van der Waals surface area (Å²) in [6.45, 7) is 0. The summed E-state index contributed by atoms with van der Waals surface area (Å²) >= 11 is 1.07. The first-order chi connectivity index (χ1) is 2.00. The average Bonchev–Trinajstić information content (AvgIpc) is 1.50. The SMILES string of the molecule is Cl.Cl.Cl.[Cl][K].[Cl][K].[NaH].[NaH]. The zero-order chi connectivity index (χ0) is 4.00. The Kier molecular flexibility index (Phi) is 305. The van der Waals surface area contributed by atoms with Crippen LogP contribution in [0.5, 0.6) is 0 Å². The van der Waals surface area contributed by atoms with Gasteiger partial charge < -0.3 is 0 Å². The van der Waals surface area contributed by atoms with Gasteiger partial charge in [0.05, 0.1) is 0 Å². The van der Waals surface area contributed by atoms with Crippen LogP contribution in [0.15, 0.2) is 0 Å². The van der Waals surface area contributed by atoms with Crippen LogP contribution >= 0.6 is 44.7 Å². The first-order valence-electron chi connectivity index (χ1n) is 0.756. The van der Waals surface area contributed by atoms with Crippen molar-refractivity contribution in [1.29, 1.82) is 0 Å². The normalized spacial score (nSPS) is 1.56.